The van der Waals surface area contributed by atoms with Crippen LogP contribution < -0.4 is 0 Å². The minimum atomic E-state index is 0.454. The van der Waals surface area contributed by atoms with Gasteiger partial charge in [-0.2, -0.15) is 5.26 Å². The van der Waals surface area contributed by atoms with Gasteiger partial charge in [0.2, 0.25) is 0 Å². The van der Waals surface area contributed by atoms with Crippen molar-refractivity contribution in [2.45, 2.75) is 0 Å². The van der Waals surface area contributed by atoms with Gasteiger partial charge in [-0.05, 0) is 18.2 Å². The van der Waals surface area contributed by atoms with Gasteiger partial charge in [0.15, 0.2) is 11.6 Å². The topological polar surface area (TPSA) is 54.5 Å². The van der Waals surface area contributed by atoms with Crippen molar-refractivity contribution in [1.29, 1.82) is 5.26 Å². The summed E-state index contributed by atoms with van der Waals surface area (Å²) in [6, 6.07) is 15.6. The van der Waals surface area contributed by atoms with Crippen LogP contribution in [0.4, 0.5) is 0 Å². The first-order valence-corrected chi connectivity index (χ1v) is 7.71. The van der Waals surface area contributed by atoms with Gasteiger partial charge in [0.05, 0.1) is 9.91 Å². The van der Waals surface area contributed by atoms with E-state index in [4.69, 9.17) is 11.6 Å². The lowest BCUT2D eigenvalue weighted by atomic mass is 10.2. The molecule has 0 aliphatic carbocycles. The van der Waals surface area contributed by atoms with Crippen molar-refractivity contribution in [2.75, 3.05) is 0 Å². The number of hydrogen-bond donors (Lipinski definition) is 0. The summed E-state index contributed by atoms with van der Waals surface area (Å²) in [4.78, 5) is 0.908. The number of allylic oxidation sites excluding steroid dienone is 1. The lowest BCUT2D eigenvalue weighted by Crippen LogP contribution is -1.98. The summed E-state index contributed by atoms with van der Waals surface area (Å²) in [5.74, 6) is 1.26. The van der Waals surface area contributed by atoms with Gasteiger partial charge in [-0.3, -0.25) is 0 Å². The predicted octanol–water partition coefficient (Wildman–Crippen LogP) is 4.26. The fraction of sp³-hybridized carbons (Fsp3) is 0.0625. The second-order valence-corrected chi connectivity index (χ2v) is 6.33. The summed E-state index contributed by atoms with van der Waals surface area (Å²) in [6.45, 7) is 0. The monoisotopic (exact) mass is 326 g/mol. The zero-order valence-electron chi connectivity index (χ0n) is 11.7. The molecule has 0 saturated heterocycles. The minimum absolute atomic E-state index is 0.454. The van der Waals surface area contributed by atoms with Gasteiger partial charge in [0.25, 0.3) is 0 Å². The van der Waals surface area contributed by atoms with Crippen LogP contribution in [0.15, 0.2) is 42.5 Å². The van der Waals surface area contributed by atoms with Crippen molar-refractivity contribution >= 4 is 34.6 Å². The van der Waals surface area contributed by atoms with Crippen LogP contribution >= 0.6 is 22.9 Å². The molecule has 0 unspecified atom stereocenters. The highest BCUT2D eigenvalue weighted by Crippen LogP contribution is 2.26. The van der Waals surface area contributed by atoms with E-state index < -0.39 is 0 Å². The molecule has 2 heterocycles. The zero-order valence-corrected chi connectivity index (χ0v) is 13.3. The number of nitriles is 1. The number of halogens is 1. The Hall–Kier alpha value is -2.42. The highest BCUT2D eigenvalue weighted by atomic mass is 35.5. The summed E-state index contributed by atoms with van der Waals surface area (Å²) in [5, 5.41) is 17.8. The van der Waals surface area contributed by atoms with Crippen LogP contribution in [0, 0.1) is 11.3 Å². The van der Waals surface area contributed by atoms with E-state index in [1.807, 2.05) is 48.0 Å². The Balaban J connectivity index is 2.03. The molecule has 0 atom stereocenters. The first kappa shape index (κ1) is 14.5. The summed E-state index contributed by atoms with van der Waals surface area (Å²) >= 11 is 7.34. The maximum Gasteiger partial charge on any atom is 0.174 e. The molecule has 0 radical (unpaired) electrons. The normalized spacial score (nSPS) is 11.4. The largest absolute Gasteiger partial charge is 0.310 e. The van der Waals surface area contributed by atoms with E-state index in [2.05, 4.69) is 16.3 Å². The van der Waals surface area contributed by atoms with Gasteiger partial charge in [0, 0.05) is 17.5 Å². The third-order valence-corrected chi connectivity index (χ3v) is 4.33. The first-order chi connectivity index (χ1) is 10.7. The lowest BCUT2D eigenvalue weighted by molar-refractivity contribution is 0.901. The van der Waals surface area contributed by atoms with Crippen LogP contribution in [0.2, 0.25) is 4.34 Å². The van der Waals surface area contributed by atoms with Crippen molar-refractivity contribution in [3.8, 4) is 17.5 Å². The first-order valence-electron chi connectivity index (χ1n) is 6.51. The minimum Gasteiger partial charge on any atom is -0.310 e. The fourth-order valence-electron chi connectivity index (χ4n) is 2.10. The Labute approximate surface area is 136 Å². The van der Waals surface area contributed by atoms with E-state index in [0.717, 1.165) is 16.3 Å². The molecule has 0 fully saturated rings. The molecule has 0 amide bonds. The predicted molar refractivity (Wildman–Crippen MR) is 89.3 cm³/mol. The number of aromatic nitrogens is 3. The summed E-state index contributed by atoms with van der Waals surface area (Å²) < 4.78 is 2.51. The summed E-state index contributed by atoms with van der Waals surface area (Å²) in [6.07, 6.45) is 1.77. The van der Waals surface area contributed by atoms with Gasteiger partial charge in [-0.25, -0.2) is 0 Å². The van der Waals surface area contributed by atoms with Gasteiger partial charge in [-0.1, -0.05) is 41.9 Å². The Kier molecular flexibility index (Phi) is 4.05. The van der Waals surface area contributed by atoms with Crippen molar-refractivity contribution < 1.29 is 0 Å². The molecule has 0 bridgehead atoms. The molecule has 4 nitrogen and oxygen atoms in total. The molecule has 22 heavy (non-hydrogen) atoms. The summed E-state index contributed by atoms with van der Waals surface area (Å²) in [7, 11) is 1.85. The summed E-state index contributed by atoms with van der Waals surface area (Å²) in [5.41, 5.74) is 1.41. The van der Waals surface area contributed by atoms with Crippen LogP contribution in [0.1, 0.15) is 10.7 Å². The molecule has 3 rings (SSSR count). The fourth-order valence-corrected chi connectivity index (χ4v) is 3.10. The third kappa shape index (κ3) is 2.80. The Bertz CT molecular complexity index is 871. The maximum atomic E-state index is 9.42. The number of rotatable bonds is 3. The maximum absolute atomic E-state index is 9.42. The van der Waals surface area contributed by atoms with Crippen LogP contribution in [-0.2, 0) is 7.05 Å². The number of hydrogen-bond acceptors (Lipinski definition) is 4. The van der Waals surface area contributed by atoms with Gasteiger partial charge < -0.3 is 4.57 Å². The SMILES string of the molecule is Cn1c(/C(C#N)=C/c2ccc(Cl)s2)nnc1-c1ccccc1. The number of nitrogens with zero attached hydrogens (tertiary/aromatic N) is 4. The average Bonchev–Trinajstić information content (AvgIpc) is 3.12. The van der Waals surface area contributed by atoms with E-state index in [9.17, 15) is 5.26 Å². The number of benzene rings is 1. The van der Waals surface area contributed by atoms with Gasteiger partial charge >= 0.3 is 0 Å². The molecule has 0 N–H and O–H groups in total. The Morgan fingerprint density at radius 2 is 2.00 bits per heavy atom. The van der Waals surface area contributed by atoms with Gasteiger partial charge in [-0.15, -0.1) is 21.5 Å². The van der Waals surface area contributed by atoms with E-state index in [1.165, 1.54) is 11.3 Å². The standard InChI is InChI=1S/C16H11ClN4S/c1-21-15(11-5-3-2-4-6-11)19-20-16(21)12(10-18)9-13-7-8-14(17)22-13/h2-9H,1H3/b12-9+. The molecule has 6 heteroatoms. The van der Waals surface area contributed by atoms with Crippen LogP contribution in [0.3, 0.4) is 0 Å². The molecule has 0 saturated carbocycles. The van der Waals surface area contributed by atoms with E-state index in [1.54, 1.807) is 12.1 Å². The molecule has 0 aliphatic heterocycles. The zero-order chi connectivity index (χ0) is 15.5. The van der Waals surface area contributed by atoms with Crippen molar-refractivity contribution in [1.82, 2.24) is 14.8 Å². The van der Waals surface area contributed by atoms with Crippen LogP contribution in [0.25, 0.3) is 23.0 Å². The van der Waals surface area contributed by atoms with Crippen LogP contribution in [0.5, 0.6) is 0 Å². The second kappa shape index (κ2) is 6.14. The number of thiophene rings is 1. The smallest absolute Gasteiger partial charge is 0.174 e. The van der Waals surface area contributed by atoms with Crippen molar-refractivity contribution in [3.05, 3.63) is 57.5 Å². The lowest BCUT2D eigenvalue weighted by Gasteiger charge is -2.02. The van der Waals surface area contributed by atoms with Crippen LogP contribution in [-0.4, -0.2) is 14.8 Å². The molecule has 3 aromatic rings. The average molecular weight is 327 g/mol. The van der Waals surface area contributed by atoms with E-state index in [0.29, 0.717) is 15.7 Å². The molecule has 1 aromatic carbocycles. The second-order valence-electron chi connectivity index (χ2n) is 4.58. The van der Waals surface area contributed by atoms with E-state index >= 15 is 0 Å². The Morgan fingerprint density at radius 3 is 2.64 bits per heavy atom. The molecule has 0 aliphatic rings. The quantitative estimate of drug-likeness (QED) is 0.676. The van der Waals surface area contributed by atoms with E-state index in [-0.39, 0.29) is 0 Å². The molecular formula is C16H11ClN4S. The molecular weight excluding hydrogens is 316 g/mol. The molecule has 0 spiro atoms. The van der Waals surface area contributed by atoms with Gasteiger partial charge in [0.1, 0.15) is 6.07 Å². The third-order valence-electron chi connectivity index (χ3n) is 3.15. The molecule has 2 aromatic heterocycles. The van der Waals surface area contributed by atoms with Crippen molar-refractivity contribution in [3.63, 3.8) is 0 Å². The van der Waals surface area contributed by atoms with Crippen molar-refractivity contribution in [2.24, 2.45) is 7.05 Å². The highest BCUT2D eigenvalue weighted by molar-refractivity contribution is 7.17. The highest BCUT2D eigenvalue weighted by Gasteiger charge is 2.14. The molecule has 108 valence electrons. The Morgan fingerprint density at radius 1 is 1.23 bits per heavy atom.